The van der Waals surface area contributed by atoms with E-state index in [-0.39, 0.29) is 23.8 Å². The first-order chi connectivity index (χ1) is 14.8. The Morgan fingerprint density at radius 1 is 1.29 bits per heavy atom. The lowest BCUT2D eigenvalue weighted by atomic mass is 9.58. The lowest BCUT2D eigenvalue weighted by Gasteiger charge is -2.45. The van der Waals surface area contributed by atoms with E-state index in [0.717, 1.165) is 5.57 Å². The average Bonchev–Trinajstić information content (AvgIpc) is 2.77. The predicted octanol–water partition coefficient (Wildman–Crippen LogP) is 0.914. The third kappa shape index (κ3) is 3.54. The van der Waals surface area contributed by atoms with E-state index in [1.807, 2.05) is 13.1 Å². The van der Waals surface area contributed by atoms with Crippen LogP contribution in [0.25, 0.3) is 0 Å². The van der Waals surface area contributed by atoms with E-state index in [1.165, 1.54) is 7.11 Å². The number of ether oxygens (including phenoxy) is 2. The second-order valence-corrected chi connectivity index (χ2v) is 7.56. The summed E-state index contributed by atoms with van der Waals surface area (Å²) in [6.07, 6.45) is 1.92. The van der Waals surface area contributed by atoms with Gasteiger partial charge in [0.2, 0.25) is 0 Å². The molecule has 158 valence electrons. The molecule has 31 heavy (non-hydrogen) atoms. The van der Waals surface area contributed by atoms with E-state index in [9.17, 15) is 20.6 Å². The van der Waals surface area contributed by atoms with Gasteiger partial charge >= 0.3 is 0 Å². The number of carbonyl (C=O) groups is 1. The maximum Gasteiger partial charge on any atom is 0.255 e. The Hall–Kier alpha value is -4.00. The molecule has 0 saturated heterocycles. The Morgan fingerprint density at radius 3 is 2.58 bits per heavy atom. The van der Waals surface area contributed by atoms with Gasteiger partial charge in [0, 0.05) is 24.9 Å². The summed E-state index contributed by atoms with van der Waals surface area (Å²) in [7, 11) is 3.38. The molecule has 2 atom stereocenters. The van der Waals surface area contributed by atoms with Crippen LogP contribution in [0.5, 0.6) is 11.5 Å². The number of allylic oxidation sites excluding steroid dienone is 2. The van der Waals surface area contributed by atoms with Crippen LogP contribution in [0.4, 0.5) is 0 Å². The second-order valence-electron chi connectivity index (χ2n) is 7.56. The highest BCUT2D eigenvalue weighted by Crippen LogP contribution is 2.54. The fourth-order valence-corrected chi connectivity index (χ4v) is 4.35. The van der Waals surface area contributed by atoms with E-state index >= 15 is 0 Å². The van der Waals surface area contributed by atoms with Crippen LogP contribution in [0.3, 0.4) is 0 Å². The highest BCUT2D eigenvalue weighted by molar-refractivity contribution is 5.75. The fourth-order valence-electron chi connectivity index (χ4n) is 4.35. The molecule has 3 rings (SSSR count). The molecule has 0 radical (unpaired) electrons. The quantitative estimate of drug-likeness (QED) is 0.713. The van der Waals surface area contributed by atoms with Gasteiger partial charge in [-0.2, -0.15) is 15.8 Å². The third-order valence-electron chi connectivity index (χ3n) is 5.76. The molecule has 2 aliphatic rings. The highest BCUT2D eigenvalue weighted by Gasteiger charge is 2.54. The predicted molar refractivity (Wildman–Crippen MR) is 110 cm³/mol. The van der Waals surface area contributed by atoms with Crippen LogP contribution in [0.1, 0.15) is 11.5 Å². The van der Waals surface area contributed by atoms with Crippen molar-refractivity contribution in [2.24, 2.45) is 22.8 Å². The number of rotatable bonds is 5. The summed E-state index contributed by atoms with van der Waals surface area (Å²) in [4.78, 5) is 13.1. The first-order valence-electron chi connectivity index (χ1n) is 9.53. The maximum absolute atomic E-state index is 11.1. The van der Waals surface area contributed by atoms with Gasteiger partial charge in [-0.05, 0) is 30.3 Å². The lowest BCUT2D eigenvalue weighted by Crippen LogP contribution is -2.47. The van der Waals surface area contributed by atoms with Crippen LogP contribution < -0.4 is 20.9 Å². The van der Waals surface area contributed by atoms with Gasteiger partial charge in [-0.25, -0.2) is 0 Å². The van der Waals surface area contributed by atoms with Crippen molar-refractivity contribution in [3.63, 3.8) is 0 Å². The number of nitrogens with two attached hydrogens (primary N) is 2. The standard InChI is InChI=1S/C22H22N6O3/c1-28-6-5-14-15(8-23)21(27)22(11-24,12-25)20(16(14)9-28)13-3-4-17(18(7-13)30-2)31-10-19(26)29/h3-5,7,16,20H,6,9-10,27H2,1-2H3,(H2,26,29)/t16-,20-/m0/s1. The van der Waals surface area contributed by atoms with Gasteiger partial charge in [0.05, 0.1) is 30.5 Å². The molecule has 9 nitrogen and oxygen atoms in total. The summed E-state index contributed by atoms with van der Waals surface area (Å²) < 4.78 is 10.8. The molecule has 1 aliphatic heterocycles. The normalized spacial score (nSPS) is 22.2. The summed E-state index contributed by atoms with van der Waals surface area (Å²) >= 11 is 0. The van der Waals surface area contributed by atoms with Crippen molar-refractivity contribution < 1.29 is 14.3 Å². The number of hydrogen-bond donors (Lipinski definition) is 2. The SMILES string of the molecule is COc1cc([C@H]2[C@H]3CN(C)CC=C3C(C#N)=C(N)C2(C#N)C#N)ccc1OCC(N)=O. The number of nitriles is 3. The molecule has 9 heteroatoms. The molecule has 1 heterocycles. The van der Waals surface area contributed by atoms with Crippen LogP contribution in [0.2, 0.25) is 0 Å². The second kappa shape index (κ2) is 8.39. The van der Waals surface area contributed by atoms with Gasteiger partial charge < -0.3 is 25.8 Å². The fraction of sp³-hybridized carbons (Fsp3) is 0.364. The molecule has 0 fully saturated rings. The smallest absolute Gasteiger partial charge is 0.255 e. The monoisotopic (exact) mass is 418 g/mol. The van der Waals surface area contributed by atoms with E-state index in [2.05, 4.69) is 23.1 Å². The van der Waals surface area contributed by atoms with Gasteiger partial charge in [0.15, 0.2) is 23.5 Å². The zero-order valence-corrected chi connectivity index (χ0v) is 17.3. The number of hydrogen-bond acceptors (Lipinski definition) is 8. The Morgan fingerprint density at radius 2 is 2.00 bits per heavy atom. The number of methoxy groups -OCH3 is 1. The Labute approximate surface area is 180 Å². The maximum atomic E-state index is 11.1. The zero-order valence-electron chi connectivity index (χ0n) is 17.3. The lowest BCUT2D eigenvalue weighted by molar-refractivity contribution is -0.119. The van der Waals surface area contributed by atoms with Crippen LogP contribution in [-0.2, 0) is 4.79 Å². The minimum absolute atomic E-state index is 0.0370. The van der Waals surface area contributed by atoms with E-state index in [0.29, 0.717) is 30.2 Å². The third-order valence-corrected chi connectivity index (χ3v) is 5.76. The number of likely N-dealkylation sites (N-methyl/N-ethyl adjacent to an activating group) is 1. The first-order valence-corrected chi connectivity index (χ1v) is 9.53. The minimum atomic E-state index is -1.73. The van der Waals surface area contributed by atoms with E-state index < -0.39 is 17.2 Å². The average molecular weight is 418 g/mol. The van der Waals surface area contributed by atoms with Gasteiger partial charge in [0.1, 0.15) is 6.07 Å². The summed E-state index contributed by atoms with van der Waals surface area (Å²) in [5, 5.41) is 29.9. The minimum Gasteiger partial charge on any atom is -0.493 e. The molecular formula is C22H22N6O3. The molecule has 0 bridgehead atoms. The molecule has 0 spiro atoms. The van der Waals surface area contributed by atoms with E-state index in [1.54, 1.807) is 18.2 Å². The van der Waals surface area contributed by atoms with Gasteiger partial charge in [-0.1, -0.05) is 12.1 Å². The Kier molecular flexibility index (Phi) is 5.88. The molecule has 0 unspecified atom stereocenters. The van der Waals surface area contributed by atoms with Crippen molar-refractivity contribution in [1.29, 1.82) is 15.8 Å². The molecule has 1 aromatic rings. The summed E-state index contributed by atoms with van der Waals surface area (Å²) in [5.74, 6) is -0.951. The molecule has 1 aliphatic carbocycles. The molecule has 4 N–H and O–H groups in total. The molecule has 1 aromatic carbocycles. The molecule has 0 saturated carbocycles. The Bertz CT molecular complexity index is 1090. The number of nitrogens with zero attached hydrogens (tertiary/aromatic N) is 4. The van der Waals surface area contributed by atoms with Crippen LogP contribution in [0, 0.1) is 45.3 Å². The summed E-state index contributed by atoms with van der Waals surface area (Å²) in [5.41, 5.74) is 11.3. The largest absolute Gasteiger partial charge is 0.493 e. The molecule has 0 aromatic heterocycles. The number of fused-ring (bicyclic) bond motifs is 1. The first kappa shape index (κ1) is 21.7. The van der Waals surface area contributed by atoms with Crippen molar-refractivity contribution in [2.75, 3.05) is 33.9 Å². The van der Waals surface area contributed by atoms with Crippen molar-refractivity contribution in [3.8, 4) is 29.7 Å². The van der Waals surface area contributed by atoms with Gasteiger partial charge in [-0.15, -0.1) is 0 Å². The highest BCUT2D eigenvalue weighted by atomic mass is 16.5. The van der Waals surface area contributed by atoms with Crippen LogP contribution in [-0.4, -0.2) is 44.7 Å². The summed E-state index contributed by atoms with van der Waals surface area (Å²) in [6, 6.07) is 11.3. The van der Waals surface area contributed by atoms with Crippen LogP contribution in [0.15, 0.2) is 41.1 Å². The van der Waals surface area contributed by atoms with E-state index in [4.69, 9.17) is 20.9 Å². The molecule has 1 amide bonds. The zero-order chi connectivity index (χ0) is 22.8. The van der Waals surface area contributed by atoms with Gasteiger partial charge in [0.25, 0.3) is 5.91 Å². The van der Waals surface area contributed by atoms with Crippen molar-refractivity contribution >= 4 is 5.91 Å². The topological polar surface area (TPSA) is 162 Å². The van der Waals surface area contributed by atoms with Crippen LogP contribution >= 0.6 is 0 Å². The van der Waals surface area contributed by atoms with Gasteiger partial charge in [-0.3, -0.25) is 4.79 Å². The number of benzene rings is 1. The summed E-state index contributed by atoms with van der Waals surface area (Å²) in [6.45, 7) is 0.857. The van der Waals surface area contributed by atoms with Crippen molar-refractivity contribution in [1.82, 2.24) is 4.90 Å². The number of amides is 1. The Balaban J connectivity index is 2.21. The molecular weight excluding hydrogens is 396 g/mol. The number of primary amides is 1. The number of carbonyl (C=O) groups excluding carboxylic acids is 1. The van der Waals surface area contributed by atoms with Crippen molar-refractivity contribution in [3.05, 3.63) is 46.7 Å². The van der Waals surface area contributed by atoms with Crippen molar-refractivity contribution in [2.45, 2.75) is 5.92 Å².